The quantitative estimate of drug-likeness (QED) is 0.244. The number of halogens is 1. The van der Waals surface area contributed by atoms with Crippen LogP contribution in [-0.4, -0.2) is 35.1 Å². The summed E-state index contributed by atoms with van der Waals surface area (Å²) in [5.74, 6) is 0.151. The van der Waals surface area contributed by atoms with Gasteiger partial charge in [-0.3, -0.25) is 0 Å². The zero-order valence-electron chi connectivity index (χ0n) is 19.8. The summed E-state index contributed by atoms with van der Waals surface area (Å²) >= 11 is 7.39. The Morgan fingerprint density at radius 3 is 1.58 bits per heavy atom. The van der Waals surface area contributed by atoms with Crippen molar-refractivity contribution in [2.45, 2.75) is 17.7 Å². The molecule has 0 aliphatic carbocycles. The molecule has 0 amide bonds. The van der Waals surface area contributed by atoms with Crippen molar-refractivity contribution in [1.82, 2.24) is 4.73 Å². The minimum absolute atomic E-state index is 0.0549. The molecule has 36 heavy (non-hydrogen) atoms. The van der Waals surface area contributed by atoms with E-state index < -0.39 is 10.8 Å². The van der Waals surface area contributed by atoms with Crippen LogP contribution in [0.3, 0.4) is 0 Å². The van der Waals surface area contributed by atoms with Crippen LogP contribution in [0.15, 0.2) is 84.9 Å². The van der Waals surface area contributed by atoms with Crippen LogP contribution < -0.4 is 14.3 Å². The molecule has 8 heteroatoms. The fraction of sp³-hybridized carbons (Fsp3) is 0.179. The number of alkyl halides is 1. The SMILES string of the molecule is COc1ccc(C(Cl)(c2ccc(CCC(=O)On3c(O)ccc3O)cc2)c2ccc(OC)cc2)cc1. The highest BCUT2D eigenvalue weighted by atomic mass is 35.5. The summed E-state index contributed by atoms with van der Waals surface area (Å²) in [7, 11) is 3.23. The molecule has 0 unspecified atom stereocenters. The molecular formula is C28H26ClNO6. The lowest BCUT2D eigenvalue weighted by Gasteiger charge is -2.29. The number of carbonyl (C=O) groups excluding carboxylic acids is 1. The smallest absolute Gasteiger partial charge is 0.333 e. The van der Waals surface area contributed by atoms with Gasteiger partial charge in [0, 0.05) is 12.1 Å². The molecule has 0 atom stereocenters. The van der Waals surface area contributed by atoms with Crippen LogP contribution >= 0.6 is 11.6 Å². The molecule has 4 aromatic rings. The van der Waals surface area contributed by atoms with E-state index in [2.05, 4.69) is 0 Å². The third-order valence-electron chi connectivity index (χ3n) is 5.94. The number of aromatic hydroxyl groups is 2. The number of aromatic nitrogens is 1. The Labute approximate surface area is 214 Å². The minimum atomic E-state index is -0.973. The first-order valence-electron chi connectivity index (χ1n) is 11.2. The first kappa shape index (κ1) is 25.0. The molecule has 0 radical (unpaired) electrons. The average Bonchev–Trinajstić information content (AvgIpc) is 3.24. The Morgan fingerprint density at radius 1 is 0.750 bits per heavy atom. The van der Waals surface area contributed by atoms with Crippen LogP contribution in [-0.2, 0) is 16.1 Å². The van der Waals surface area contributed by atoms with E-state index in [4.69, 9.17) is 25.9 Å². The first-order valence-corrected chi connectivity index (χ1v) is 11.6. The molecule has 0 spiro atoms. The van der Waals surface area contributed by atoms with E-state index in [0.717, 1.165) is 33.8 Å². The van der Waals surface area contributed by atoms with E-state index >= 15 is 0 Å². The highest BCUT2D eigenvalue weighted by Gasteiger charge is 2.34. The van der Waals surface area contributed by atoms with Gasteiger partial charge in [0.05, 0.1) is 20.6 Å². The Hall–Kier alpha value is -4.10. The number of methoxy groups -OCH3 is 2. The van der Waals surface area contributed by atoms with Gasteiger partial charge in [-0.1, -0.05) is 48.5 Å². The van der Waals surface area contributed by atoms with Crippen molar-refractivity contribution in [3.8, 4) is 23.3 Å². The summed E-state index contributed by atoms with van der Waals surface area (Å²) in [6.07, 6.45) is 0.460. The summed E-state index contributed by atoms with van der Waals surface area (Å²) in [5, 5.41) is 19.2. The van der Waals surface area contributed by atoms with Gasteiger partial charge in [-0.15, -0.1) is 16.3 Å². The van der Waals surface area contributed by atoms with Gasteiger partial charge in [-0.2, -0.15) is 0 Å². The van der Waals surface area contributed by atoms with E-state index in [1.54, 1.807) is 14.2 Å². The second-order valence-electron chi connectivity index (χ2n) is 8.12. The number of ether oxygens (including phenoxy) is 2. The van der Waals surface area contributed by atoms with Crippen LogP contribution in [0.1, 0.15) is 28.7 Å². The zero-order chi connectivity index (χ0) is 25.7. The molecule has 0 saturated carbocycles. The maximum atomic E-state index is 12.2. The highest BCUT2D eigenvalue weighted by molar-refractivity contribution is 6.28. The van der Waals surface area contributed by atoms with Crippen LogP contribution in [0.25, 0.3) is 0 Å². The standard InChI is InChI=1S/C28H26ClNO6/c1-34-23-12-8-21(9-13-23)28(29,22-10-14-24(35-2)15-11-22)20-6-3-19(4-7-20)5-18-27(33)36-30-25(31)16-17-26(30)32/h3-4,6-17,31-32H,5,18H2,1-2H3. The van der Waals surface area contributed by atoms with Crippen molar-refractivity contribution in [1.29, 1.82) is 0 Å². The molecule has 2 N–H and O–H groups in total. The lowest BCUT2D eigenvalue weighted by atomic mass is 9.83. The third-order valence-corrected chi connectivity index (χ3v) is 6.59. The molecule has 0 aliphatic heterocycles. The largest absolute Gasteiger partial charge is 0.497 e. The van der Waals surface area contributed by atoms with Gasteiger partial charge in [-0.05, 0) is 52.9 Å². The van der Waals surface area contributed by atoms with Crippen LogP contribution in [0, 0.1) is 0 Å². The predicted octanol–water partition coefficient (Wildman–Crippen LogP) is 5.04. The summed E-state index contributed by atoms with van der Waals surface area (Å²) in [6.45, 7) is 0. The molecule has 1 aromatic heterocycles. The molecule has 0 saturated heterocycles. The van der Waals surface area contributed by atoms with Gasteiger partial charge in [0.2, 0.25) is 11.8 Å². The van der Waals surface area contributed by atoms with Crippen molar-refractivity contribution < 1.29 is 29.3 Å². The summed E-state index contributed by atoms with van der Waals surface area (Å²) in [4.78, 5) is 16.2. The van der Waals surface area contributed by atoms with Crippen molar-refractivity contribution >= 4 is 17.6 Å². The fourth-order valence-electron chi connectivity index (χ4n) is 3.93. The Bertz CT molecular complexity index is 1250. The monoisotopic (exact) mass is 507 g/mol. The van der Waals surface area contributed by atoms with Crippen molar-refractivity contribution in [3.63, 3.8) is 0 Å². The molecule has 186 valence electrons. The minimum Gasteiger partial charge on any atom is -0.497 e. The van der Waals surface area contributed by atoms with Crippen molar-refractivity contribution in [2.24, 2.45) is 0 Å². The highest BCUT2D eigenvalue weighted by Crippen LogP contribution is 2.44. The van der Waals surface area contributed by atoms with Crippen molar-refractivity contribution in [2.75, 3.05) is 14.2 Å². The lowest BCUT2D eigenvalue weighted by Crippen LogP contribution is -2.22. The molecular weight excluding hydrogens is 482 g/mol. The molecule has 0 aliphatic rings. The van der Waals surface area contributed by atoms with Gasteiger partial charge in [0.25, 0.3) is 0 Å². The Balaban J connectivity index is 1.56. The van der Waals surface area contributed by atoms with Gasteiger partial charge >= 0.3 is 5.97 Å². The van der Waals surface area contributed by atoms with E-state index in [1.165, 1.54) is 12.1 Å². The maximum Gasteiger partial charge on any atom is 0.333 e. The number of hydrogen-bond acceptors (Lipinski definition) is 6. The number of hydrogen-bond donors (Lipinski definition) is 2. The molecule has 1 heterocycles. The lowest BCUT2D eigenvalue weighted by molar-refractivity contribution is -0.145. The maximum absolute atomic E-state index is 12.2. The van der Waals surface area contributed by atoms with Crippen molar-refractivity contribution in [3.05, 3.63) is 107 Å². The third kappa shape index (κ3) is 5.11. The number of nitrogens with zero attached hydrogens (tertiary/aromatic N) is 1. The number of rotatable bonds is 9. The van der Waals surface area contributed by atoms with Crippen LogP contribution in [0.5, 0.6) is 23.3 Å². The second kappa shape index (κ2) is 10.7. The van der Waals surface area contributed by atoms with E-state index in [0.29, 0.717) is 11.2 Å². The predicted molar refractivity (Wildman–Crippen MR) is 136 cm³/mol. The second-order valence-corrected chi connectivity index (χ2v) is 8.69. The number of aryl methyl sites for hydroxylation is 1. The summed E-state index contributed by atoms with van der Waals surface area (Å²) < 4.78 is 11.3. The Kier molecular flexibility index (Phi) is 7.41. The van der Waals surface area contributed by atoms with E-state index in [1.807, 2.05) is 72.8 Å². The first-order chi connectivity index (χ1) is 17.3. The van der Waals surface area contributed by atoms with E-state index in [-0.39, 0.29) is 18.2 Å². The van der Waals surface area contributed by atoms with E-state index in [9.17, 15) is 15.0 Å². The van der Waals surface area contributed by atoms with Gasteiger partial charge < -0.3 is 24.5 Å². The number of benzene rings is 3. The summed E-state index contributed by atoms with van der Waals surface area (Å²) in [6, 6.07) is 25.4. The molecule has 3 aromatic carbocycles. The molecule has 7 nitrogen and oxygen atoms in total. The van der Waals surface area contributed by atoms with Gasteiger partial charge in [0.1, 0.15) is 16.4 Å². The Morgan fingerprint density at radius 2 is 1.17 bits per heavy atom. The van der Waals surface area contributed by atoms with Crippen LogP contribution in [0.2, 0.25) is 0 Å². The summed E-state index contributed by atoms with van der Waals surface area (Å²) in [5.41, 5.74) is 3.50. The normalized spacial score (nSPS) is 11.2. The van der Waals surface area contributed by atoms with Gasteiger partial charge in [0.15, 0.2) is 0 Å². The average molecular weight is 508 g/mol. The van der Waals surface area contributed by atoms with Crippen LogP contribution in [0.4, 0.5) is 0 Å². The fourth-order valence-corrected chi connectivity index (χ4v) is 4.31. The topological polar surface area (TPSA) is 90.2 Å². The molecule has 0 fully saturated rings. The number of carbonyl (C=O) groups is 1. The molecule has 0 bridgehead atoms. The zero-order valence-corrected chi connectivity index (χ0v) is 20.6. The molecule has 4 rings (SSSR count). The van der Waals surface area contributed by atoms with Gasteiger partial charge in [-0.25, -0.2) is 4.79 Å².